The van der Waals surface area contributed by atoms with Crippen LogP contribution < -0.4 is 5.32 Å². The lowest BCUT2D eigenvalue weighted by Crippen LogP contribution is -2.40. The third-order valence-electron chi connectivity index (χ3n) is 3.49. The quantitative estimate of drug-likeness (QED) is 0.851. The molecule has 0 aromatic heterocycles. The standard InChI is InChI=1S/C14H17Cl2NO3S2/c1-9(14(18)17-10-5-6-22(19,20)8-10)21-7-11-12(15)3-2-4-13(11)16/h2-4,9-10H,5-8H2,1H3,(H,17,18). The minimum Gasteiger partial charge on any atom is -0.351 e. The Hall–Kier alpha value is -0.430. The van der Waals surface area contributed by atoms with Crippen LogP contribution >= 0.6 is 35.0 Å². The Balaban J connectivity index is 1.87. The van der Waals surface area contributed by atoms with Gasteiger partial charge in [-0.1, -0.05) is 29.3 Å². The lowest BCUT2D eigenvalue weighted by molar-refractivity contribution is -0.120. The zero-order chi connectivity index (χ0) is 16.3. The summed E-state index contributed by atoms with van der Waals surface area (Å²) in [6.45, 7) is 1.79. The van der Waals surface area contributed by atoms with Crippen molar-refractivity contribution in [2.75, 3.05) is 11.5 Å². The van der Waals surface area contributed by atoms with E-state index in [1.165, 1.54) is 11.8 Å². The predicted octanol–water partition coefficient (Wildman–Crippen LogP) is 2.92. The van der Waals surface area contributed by atoms with E-state index in [0.29, 0.717) is 22.2 Å². The van der Waals surface area contributed by atoms with E-state index in [1.54, 1.807) is 25.1 Å². The highest BCUT2D eigenvalue weighted by Gasteiger charge is 2.30. The van der Waals surface area contributed by atoms with Crippen molar-refractivity contribution in [3.8, 4) is 0 Å². The summed E-state index contributed by atoms with van der Waals surface area (Å²) in [6, 6.07) is 5.02. The molecular weight excluding hydrogens is 365 g/mol. The molecule has 2 rings (SSSR count). The molecular formula is C14H17Cl2NO3S2. The summed E-state index contributed by atoms with van der Waals surface area (Å²) >= 11 is 13.6. The highest BCUT2D eigenvalue weighted by molar-refractivity contribution is 7.99. The zero-order valence-corrected chi connectivity index (χ0v) is 15.2. The molecule has 122 valence electrons. The average molecular weight is 382 g/mol. The molecule has 1 heterocycles. The number of benzene rings is 1. The summed E-state index contributed by atoms with van der Waals surface area (Å²) in [6.07, 6.45) is 0.488. The van der Waals surface area contributed by atoms with E-state index in [2.05, 4.69) is 5.32 Å². The molecule has 2 unspecified atom stereocenters. The first-order valence-corrected chi connectivity index (χ1v) is 10.5. The lowest BCUT2D eigenvalue weighted by Gasteiger charge is -2.16. The van der Waals surface area contributed by atoms with Crippen molar-refractivity contribution < 1.29 is 13.2 Å². The van der Waals surface area contributed by atoms with Crippen LogP contribution in [0.25, 0.3) is 0 Å². The molecule has 1 saturated heterocycles. The van der Waals surface area contributed by atoms with Crippen molar-refractivity contribution in [1.82, 2.24) is 5.32 Å². The van der Waals surface area contributed by atoms with Crippen molar-refractivity contribution >= 4 is 50.7 Å². The number of nitrogens with one attached hydrogen (secondary N) is 1. The number of sulfone groups is 1. The lowest BCUT2D eigenvalue weighted by atomic mass is 10.2. The molecule has 0 bridgehead atoms. The summed E-state index contributed by atoms with van der Waals surface area (Å²) in [5.41, 5.74) is 0.805. The fourth-order valence-electron chi connectivity index (χ4n) is 2.18. The summed E-state index contributed by atoms with van der Waals surface area (Å²) < 4.78 is 22.8. The second-order valence-electron chi connectivity index (χ2n) is 5.26. The zero-order valence-electron chi connectivity index (χ0n) is 12.0. The Bertz CT molecular complexity index is 644. The molecule has 8 heteroatoms. The van der Waals surface area contributed by atoms with E-state index in [0.717, 1.165) is 5.56 Å². The largest absolute Gasteiger partial charge is 0.351 e. The first kappa shape index (κ1) is 17.9. The number of rotatable bonds is 5. The fraction of sp³-hybridized carbons (Fsp3) is 0.500. The van der Waals surface area contributed by atoms with Crippen LogP contribution in [0.3, 0.4) is 0 Å². The van der Waals surface area contributed by atoms with Crippen molar-refractivity contribution in [3.05, 3.63) is 33.8 Å². The van der Waals surface area contributed by atoms with E-state index in [9.17, 15) is 13.2 Å². The Morgan fingerprint density at radius 3 is 2.59 bits per heavy atom. The predicted molar refractivity (Wildman–Crippen MR) is 92.4 cm³/mol. The van der Waals surface area contributed by atoms with E-state index in [4.69, 9.17) is 23.2 Å². The smallest absolute Gasteiger partial charge is 0.233 e. The highest BCUT2D eigenvalue weighted by atomic mass is 35.5. The van der Waals surface area contributed by atoms with E-state index < -0.39 is 9.84 Å². The van der Waals surface area contributed by atoms with Gasteiger partial charge < -0.3 is 5.32 Å². The summed E-state index contributed by atoms with van der Waals surface area (Å²) in [7, 11) is -2.99. The minimum absolute atomic E-state index is 0.0342. The topological polar surface area (TPSA) is 63.2 Å². The van der Waals surface area contributed by atoms with Gasteiger partial charge in [-0.3, -0.25) is 4.79 Å². The number of amides is 1. The third kappa shape index (κ3) is 4.78. The maximum absolute atomic E-state index is 12.1. The monoisotopic (exact) mass is 381 g/mol. The number of carbonyl (C=O) groups is 1. The molecule has 1 fully saturated rings. The summed E-state index contributed by atoms with van der Waals surface area (Å²) in [5, 5.41) is 3.64. The number of hydrogen-bond donors (Lipinski definition) is 1. The van der Waals surface area contributed by atoms with E-state index in [1.807, 2.05) is 0 Å². The van der Waals surface area contributed by atoms with Gasteiger partial charge in [-0.2, -0.15) is 0 Å². The van der Waals surface area contributed by atoms with Gasteiger partial charge >= 0.3 is 0 Å². The number of carbonyl (C=O) groups excluding carboxylic acids is 1. The molecule has 1 aromatic carbocycles. The second kappa shape index (κ2) is 7.43. The third-order valence-corrected chi connectivity index (χ3v) is 7.13. The van der Waals surface area contributed by atoms with Crippen LogP contribution in [-0.4, -0.2) is 37.1 Å². The first-order chi connectivity index (χ1) is 10.3. The van der Waals surface area contributed by atoms with Crippen molar-refractivity contribution in [3.63, 3.8) is 0 Å². The summed E-state index contributed by atoms with van der Waals surface area (Å²) in [4.78, 5) is 12.1. The number of hydrogen-bond acceptors (Lipinski definition) is 4. The molecule has 0 spiro atoms. The maximum Gasteiger partial charge on any atom is 0.233 e. The van der Waals surface area contributed by atoms with E-state index >= 15 is 0 Å². The Morgan fingerprint density at radius 1 is 1.41 bits per heavy atom. The minimum atomic E-state index is -2.99. The van der Waals surface area contributed by atoms with Gasteiger partial charge in [-0.25, -0.2) is 8.42 Å². The van der Waals surface area contributed by atoms with Crippen LogP contribution in [0.1, 0.15) is 18.9 Å². The second-order valence-corrected chi connectivity index (χ2v) is 9.63. The molecule has 1 aromatic rings. The average Bonchev–Trinajstić information content (AvgIpc) is 2.77. The van der Waals surface area contributed by atoms with Crippen molar-refractivity contribution in [1.29, 1.82) is 0 Å². The molecule has 22 heavy (non-hydrogen) atoms. The fourth-order valence-corrected chi connectivity index (χ4v) is 5.49. The molecule has 1 N–H and O–H groups in total. The van der Waals surface area contributed by atoms with Gasteiger partial charge in [-0.05, 0) is 31.0 Å². The van der Waals surface area contributed by atoms with Crippen molar-refractivity contribution in [2.24, 2.45) is 0 Å². The van der Waals surface area contributed by atoms with Gasteiger partial charge in [0.05, 0.1) is 16.8 Å². The van der Waals surface area contributed by atoms with Gasteiger partial charge in [0.1, 0.15) is 0 Å². The van der Waals surface area contributed by atoms with Crippen LogP contribution in [0.5, 0.6) is 0 Å². The molecule has 4 nitrogen and oxygen atoms in total. The number of thioether (sulfide) groups is 1. The van der Waals surface area contributed by atoms with Gasteiger partial charge in [0.15, 0.2) is 9.84 Å². The summed E-state index contributed by atoms with van der Waals surface area (Å²) in [5.74, 6) is 0.548. The number of halogens is 2. The van der Waals surface area contributed by atoms with Crippen LogP contribution in [0.15, 0.2) is 18.2 Å². The SMILES string of the molecule is CC(SCc1c(Cl)cccc1Cl)C(=O)NC1CCS(=O)(=O)C1. The molecule has 0 saturated carbocycles. The molecule has 2 atom stereocenters. The molecule has 1 amide bonds. The van der Waals surface area contributed by atoms with Crippen LogP contribution in [0.4, 0.5) is 0 Å². The Morgan fingerprint density at radius 2 is 2.05 bits per heavy atom. The van der Waals surface area contributed by atoms with Crippen molar-refractivity contribution in [2.45, 2.75) is 30.4 Å². The van der Waals surface area contributed by atoms with E-state index in [-0.39, 0.29) is 28.7 Å². The van der Waals surface area contributed by atoms with Crippen LogP contribution in [0, 0.1) is 0 Å². The Labute approximate surface area is 144 Å². The maximum atomic E-state index is 12.1. The molecule has 0 radical (unpaired) electrons. The van der Waals surface area contributed by atoms with Crippen LogP contribution in [-0.2, 0) is 20.4 Å². The molecule has 1 aliphatic heterocycles. The molecule has 0 aliphatic carbocycles. The molecule has 1 aliphatic rings. The normalized spacial score (nSPS) is 21.5. The van der Waals surface area contributed by atoms with Gasteiger partial charge in [0, 0.05) is 21.8 Å². The Kier molecular flexibility index (Phi) is 6.05. The van der Waals surface area contributed by atoms with Gasteiger partial charge in [0.2, 0.25) is 5.91 Å². The van der Waals surface area contributed by atoms with Gasteiger partial charge in [0.25, 0.3) is 0 Å². The highest BCUT2D eigenvalue weighted by Crippen LogP contribution is 2.29. The van der Waals surface area contributed by atoms with Crippen LogP contribution in [0.2, 0.25) is 10.0 Å². The first-order valence-electron chi connectivity index (χ1n) is 6.84. The van der Waals surface area contributed by atoms with Gasteiger partial charge in [-0.15, -0.1) is 11.8 Å².